The predicted octanol–water partition coefficient (Wildman–Crippen LogP) is 6.27. The molecule has 0 amide bonds. The van der Waals surface area contributed by atoms with Crippen LogP contribution in [0.2, 0.25) is 0 Å². The molecule has 1 aromatic carbocycles. The zero-order chi connectivity index (χ0) is 28.0. The number of halogens is 2. The summed E-state index contributed by atoms with van der Waals surface area (Å²) >= 11 is 1.34. The van der Waals surface area contributed by atoms with Crippen LogP contribution in [0.15, 0.2) is 24.4 Å². The molecular weight excluding hydrogens is 544 g/mol. The molecule has 0 aliphatic carbocycles. The third kappa shape index (κ3) is 7.70. The lowest BCUT2D eigenvalue weighted by atomic mass is 9.95. The summed E-state index contributed by atoms with van der Waals surface area (Å²) in [5, 5.41) is 3.89. The summed E-state index contributed by atoms with van der Waals surface area (Å²) in [6.45, 7) is 7.08. The van der Waals surface area contributed by atoms with Crippen LogP contribution in [0.5, 0.6) is 0 Å². The third-order valence-electron chi connectivity index (χ3n) is 6.33. The fourth-order valence-electron chi connectivity index (χ4n) is 4.53. The van der Waals surface area contributed by atoms with Crippen molar-refractivity contribution in [1.29, 1.82) is 0 Å². The third-order valence-corrected chi connectivity index (χ3v) is 8.91. The minimum absolute atomic E-state index is 0.0843. The molecule has 0 bridgehead atoms. The van der Waals surface area contributed by atoms with Crippen LogP contribution in [0.1, 0.15) is 57.9 Å². The van der Waals surface area contributed by atoms with Crippen molar-refractivity contribution in [1.82, 2.24) is 15.0 Å². The topological polar surface area (TPSA) is 106 Å². The van der Waals surface area contributed by atoms with Crippen LogP contribution in [-0.4, -0.2) is 48.4 Å². The fourth-order valence-corrected chi connectivity index (χ4v) is 6.81. The van der Waals surface area contributed by atoms with Crippen molar-refractivity contribution >= 4 is 33.0 Å². The van der Waals surface area contributed by atoms with Crippen LogP contribution >= 0.6 is 11.3 Å². The Hall–Kier alpha value is -2.70. The molecule has 0 radical (unpaired) electrons. The minimum Gasteiger partial charge on any atom is -0.381 e. The second-order valence-corrected chi connectivity index (χ2v) is 12.9. The Labute approximate surface area is 232 Å². The number of hydrogen-bond donors (Lipinski definition) is 2. The van der Waals surface area contributed by atoms with Crippen LogP contribution in [-0.2, 0) is 21.2 Å². The molecule has 2 aromatic heterocycles. The van der Waals surface area contributed by atoms with Gasteiger partial charge in [0, 0.05) is 31.9 Å². The zero-order valence-electron chi connectivity index (χ0n) is 22.5. The number of ether oxygens (including phenoxy) is 1. The number of aromatic nitrogens is 3. The van der Waals surface area contributed by atoms with Crippen molar-refractivity contribution in [3.63, 3.8) is 0 Å². The quantitative estimate of drug-likeness (QED) is 0.292. The van der Waals surface area contributed by atoms with E-state index >= 15 is 8.78 Å². The van der Waals surface area contributed by atoms with E-state index in [0.717, 1.165) is 49.4 Å². The van der Waals surface area contributed by atoms with E-state index in [4.69, 9.17) is 9.72 Å². The summed E-state index contributed by atoms with van der Waals surface area (Å²) in [4.78, 5) is 14.1. The van der Waals surface area contributed by atoms with Gasteiger partial charge in [-0.3, -0.25) is 4.72 Å². The molecule has 12 heteroatoms. The van der Waals surface area contributed by atoms with Crippen molar-refractivity contribution in [3.05, 3.63) is 41.0 Å². The van der Waals surface area contributed by atoms with Gasteiger partial charge < -0.3 is 10.1 Å². The van der Waals surface area contributed by atoms with E-state index in [1.54, 1.807) is 19.2 Å². The highest BCUT2D eigenvalue weighted by molar-refractivity contribution is 7.92. The molecule has 8 nitrogen and oxygen atoms in total. The Bertz CT molecular complexity index is 1370. The van der Waals surface area contributed by atoms with E-state index in [9.17, 15) is 8.42 Å². The molecule has 1 fully saturated rings. The lowest BCUT2D eigenvalue weighted by molar-refractivity contribution is 0.100. The van der Waals surface area contributed by atoms with E-state index in [0.29, 0.717) is 41.9 Å². The van der Waals surface area contributed by atoms with Crippen LogP contribution in [0.3, 0.4) is 0 Å². The lowest BCUT2D eigenvalue weighted by Crippen LogP contribution is -2.17. The van der Waals surface area contributed by atoms with Gasteiger partial charge in [0.2, 0.25) is 16.0 Å². The summed E-state index contributed by atoms with van der Waals surface area (Å²) < 4.78 is 63.8. The van der Waals surface area contributed by atoms with E-state index in [1.807, 2.05) is 13.8 Å². The number of nitrogens with zero attached hydrogens (tertiary/aromatic N) is 3. The van der Waals surface area contributed by atoms with Gasteiger partial charge in [0.25, 0.3) is 0 Å². The largest absolute Gasteiger partial charge is 0.381 e. The normalized spacial score (nSPS) is 16.6. The summed E-state index contributed by atoms with van der Waals surface area (Å²) in [6, 6.07) is 3.92. The van der Waals surface area contributed by atoms with Gasteiger partial charge in [-0.2, -0.15) is 0 Å². The number of thiazole rings is 1. The first-order valence-electron chi connectivity index (χ1n) is 13.3. The van der Waals surface area contributed by atoms with Crippen molar-refractivity contribution in [3.8, 4) is 21.8 Å². The molecular formula is C27H35F2N5O3S2. The summed E-state index contributed by atoms with van der Waals surface area (Å²) in [5.74, 6) is -1.30. The second kappa shape index (κ2) is 13.1. The smallest absolute Gasteiger partial charge is 0.232 e. The molecule has 4 rings (SSSR count). The Morgan fingerprint density at radius 1 is 1.13 bits per heavy atom. The molecule has 1 saturated heterocycles. The van der Waals surface area contributed by atoms with E-state index in [1.165, 1.54) is 11.3 Å². The van der Waals surface area contributed by atoms with Crippen LogP contribution < -0.4 is 10.0 Å². The Morgan fingerprint density at radius 2 is 1.95 bits per heavy atom. The minimum atomic E-state index is -3.79. The molecule has 212 valence electrons. The van der Waals surface area contributed by atoms with Crippen molar-refractivity contribution in [2.75, 3.05) is 29.0 Å². The molecule has 1 unspecified atom stereocenters. The predicted molar refractivity (Wildman–Crippen MR) is 151 cm³/mol. The molecule has 0 saturated carbocycles. The number of nitrogens with one attached hydrogen (secondary N) is 2. The van der Waals surface area contributed by atoms with Gasteiger partial charge in [-0.15, -0.1) is 11.3 Å². The molecule has 1 aliphatic rings. The summed E-state index contributed by atoms with van der Waals surface area (Å²) in [5.41, 5.74) is -0.133. The van der Waals surface area contributed by atoms with Gasteiger partial charge in [0.15, 0.2) is 5.82 Å². The van der Waals surface area contributed by atoms with Gasteiger partial charge in [0.05, 0.1) is 38.3 Å². The summed E-state index contributed by atoms with van der Waals surface area (Å²) in [6.07, 6.45) is 6.57. The first kappa shape index (κ1) is 29.3. The van der Waals surface area contributed by atoms with Crippen molar-refractivity contribution < 1.29 is 21.9 Å². The number of benzene rings is 1. The number of anilines is 2. The molecule has 1 atom stereocenters. The van der Waals surface area contributed by atoms with Crippen molar-refractivity contribution in [2.24, 2.45) is 5.92 Å². The van der Waals surface area contributed by atoms with Crippen LogP contribution in [0.25, 0.3) is 21.8 Å². The average Bonchev–Trinajstić information content (AvgIpc) is 3.25. The van der Waals surface area contributed by atoms with Gasteiger partial charge in [-0.1, -0.05) is 13.3 Å². The highest BCUT2D eigenvalue weighted by Crippen LogP contribution is 2.41. The molecule has 2 N–H and O–H groups in total. The first-order chi connectivity index (χ1) is 18.7. The van der Waals surface area contributed by atoms with Gasteiger partial charge >= 0.3 is 0 Å². The maximum atomic E-state index is 15.8. The number of hydrogen-bond acceptors (Lipinski definition) is 8. The standard InChI is InChI=1S/C27H35F2N5O3S2/c1-4-15-39(35,36)34-20-9-8-19(28)23(24(20)29)25-26(21-10-12-30-27(32-21)31-17(2)3)38-22(33-25)16-18-7-5-6-13-37-14-11-18/h8-10,12,17-18,34H,4-7,11,13-16H2,1-3H3,(H,30,31,32). The van der Waals surface area contributed by atoms with Crippen LogP contribution in [0, 0.1) is 17.6 Å². The van der Waals surface area contributed by atoms with Gasteiger partial charge in [-0.25, -0.2) is 32.2 Å². The molecule has 3 heterocycles. The Kier molecular flexibility index (Phi) is 9.84. The van der Waals surface area contributed by atoms with E-state index in [2.05, 4.69) is 20.0 Å². The monoisotopic (exact) mass is 579 g/mol. The van der Waals surface area contributed by atoms with Gasteiger partial charge in [-0.05, 0) is 63.6 Å². The number of sulfonamides is 1. The maximum Gasteiger partial charge on any atom is 0.232 e. The lowest BCUT2D eigenvalue weighted by Gasteiger charge is -2.18. The average molecular weight is 580 g/mol. The fraction of sp³-hybridized carbons (Fsp3) is 0.519. The highest BCUT2D eigenvalue weighted by Gasteiger charge is 2.26. The van der Waals surface area contributed by atoms with Crippen molar-refractivity contribution in [2.45, 2.75) is 65.3 Å². The van der Waals surface area contributed by atoms with Crippen LogP contribution in [0.4, 0.5) is 20.4 Å². The molecule has 1 aliphatic heterocycles. The molecule has 39 heavy (non-hydrogen) atoms. The highest BCUT2D eigenvalue weighted by atomic mass is 32.2. The first-order valence-corrected chi connectivity index (χ1v) is 15.8. The van der Waals surface area contributed by atoms with E-state index < -0.39 is 21.7 Å². The SMILES string of the molecule is CCCS(=O)(=O)Nc1ccc(F)c(-c2nc(CC3CCCCOCC3)sc2-c2ccnc(NC(C)C)n2)c1F. The maximum absolute atomic E-state index is 15.8. The molecule has 3 aromatic rings. The molecule has 0 spiro atoms. The van der Waals surface area contributed by atoms with E-state index in [-0.39, 0.29) is 28.7 Å². The summed E-state index contributed by atoms with van der Waals surface area (Å²) in [7, 11) is -3.79. The zero-order valence-corrected chi connectivity index (χ0v) is 24.1. The second-order valence-electron chi connectivity index (χ2n) is 10.0. The van der Waals surface area contributed by atoms with Gasteiger partial charge in [0.1, 0.15) is 5.82 Å². The number of rotatable bonds is 10. The Morgan fingerprint density at radius 3 is 2.72 bits per heavy atom. The Balaban J connectivity index is 1.80.